The van der Waals surface area contributed by atoms with Gasteiger partial charge in [0, 0.05) is 59.9 Å². The number of aliphatic hydroxyl groups excluding tert-OH is 3. The molecule has 0 fully saturated rings. The number of benzene rings is 3. The van der Waals surface area contributed by atoms with E-state index in [1.807, 2.05) is 0 Å². The molecule has 0 aliphatic heterocycles. The van der Waals surface area contributed by atoms with E-state index < -0.39 is 23.4 Å². The molecule has 20 nitrogen and oxygen atoms in total. The van der Waals surface area contributed by atoms with Crippen molar-refractivity contribution in [1.82, 2.24) is 44.9 Å². The van der Waals surface area contributed by atoms with E-state index in [0.717, 1.165) is 6.07 Å². The Hall–Kier alpha value is -9.03. The number of rotatable bonds is 13. The third kappa shape index (κ3) is 14.8. The summed E-state index contributed by atoms with van der Waals surface area (Å²) in [6.45, 7) is 5.15. The number of anilines is 3. The predicted molar refractivity (Wildman–Crippen MR) is 280 cm³/mol. The number of carboxylic acid groups (broad SMARTS) is 1. The minimum absolute atomic E-state index is 0.0602. The van der Waals surface area contributed by atoms with Crippen molar-refractivity contribution in [1.29, 1.82) is 0 Å². The van der Waals surface area contributed by atoms with Crippen molar-refractivity contribution < 1.29 is 48.0 Å². The Morgan fingerprint density at radius 2 is 0.776 bits per heavy atom. The maximum atomic E-state index is 14.0. The Balaban J connectivity index is 0.000000177. The van der Waals surface area contributed by atoms with Crippen LogP contribution in [0.4, 0.5) is 30.6 Å². The standard InChI is InChI=1S/2C18H17FN4O2.C14H9FN4O2.C3H9NO/c2*1-10(8-24)4-16(25)12-5-11(6-13(19)7-12)14-2-3-15-17(23-14)18(20)22-9-21-15;15-9-4-7(3-8(5-9)14(20)21)10-1-2-11-12(19-10)13(16)18-6-17-11;1-3(4)2-5/h2*2-3,5-7,9-10,24H,4,8H2,1H3,(H2,20,21,22);1-6H,(H,20,21)(H2,16,17,18);3,5H,2,4H2,1H3. The van der Waals surface area contributed by atoms with Gasteiger partial charge >= 0.3 is 5.97 Å². The zero-order valence-electron chi connectivity index (χ0n) is 41.1. The van der Waals surface area contributed by atoms with Crippen LogP contribution in [0.25, 0.3) is 66.9 Å². The number of hydrogen-bond donors (Lipinski definition) is 8. The zero-order valence-corrected chi connectivity index (χ0v) is 41.1. The summed E-state index contributed by atoms with van der Waals surface area (Å²) in [5.41, 5.74) is 28.3. The van der Waals surface area contributed by atoms with Crippen LogP contribution in [-0.2, 0) is 0 Å². The highest BCUT2D eigenvalue weighted by Crippen LogP contribution is 2.28. The molecule has 12 N–H and O–H groups in total. The van der Waals surface area contributed by atoms with Crippen LogP contribution in [0.2, 0.25) is 0 Å². The van der Waals surface area contributed by atoms with Crippen LogP contribution in [-0.4, -0.2) is 109 Å². The average Bonchev–Trinajstić information content (AvgIpc) is 3.41. The highest BCUT2D eigenvalue weighted by molar-refractivity contribution is 5.98. The maximum Gasteiger partial charge on any atom is 0.335 e. The van der Waals surface area contributed by atoms with Gasteiger partial charge in [-0.2, -0.15) is 0 Å². The summed E-state index contributed by atoms with van der Waals surface area (Å²) in [4.78, 5) is 72.4. The van der Waals surface area contributed by atoms with Gasteiger partial charge in [-0.15, -0.1) is 0 Å². The summed E-state index contributed by atoms with van der Waals surface area (Å²) < 4.78 is 41.5. The summed E-state index contributed by atoms with van der Waals surface area (Å²) in [6, 6.07) is 21.7. The molecule has 9 rings (SSSR count). The molecule has 3 aromatic carbocycles. The van der Waals surface area contributed by atoms with Crippen molar-refractivity contribution in [3.63, 3.8) is 0 Å². The Bertz CT molecular complexity index is 3400. The topological polar surface area (TPSA) is 352 Å². The molecule has 392 valence electrons. The molecule has 6 aromatic heterocycles. The molecule has 6 heterocycles. The fraction of sp³-hybridized carbons (Fsp3) is 0.208. The summed E-state index contributed by atoms with van der Waals surface area (Å²) in [5, 5.41) is 35.2. The molecule has 0 aliphatic rings. The number of pyridine rings is 3. The van der Waals surface area contributed by atoms with Gasteiger partial charge in [0.25, 0.3) is 0 Å². The molecule has 0 spiro atoms. The zero-order chi connectivity index (χ0) is 55.2. The molecular weight excluding hydrogens is 988 g/mol. The third-order valence-corrected chi connectivity index (χ3v) is 11.0. The van der Waals surface area contributed by atoms with Crippen LogP contribution >= 0.6 is 0 Å². The number of ketones is 2. The first kappa shape index (κ1) is 56.3. The van der Waals surface area contributed by atoms with Crippen LogP contribution in [0.1, 0.15) is 64.7 Å². The minimum atomic E-state index is -1.21. The van der Waals surface area contributed by atoms with E-state index >= 15 is 0 Å². The van der Waals surface area contributed by atoms with Gasteiger partial charge in [-0.3, -0.25) is 9.59 Å². The number of fused-ring (bicyclic) bond motifs is 3. The fourth-order valence-corrected chi connectivity index (χ4v) is 7.01. The van der Waals surface area contributed by atoms with Crippen LogP contribution in [0.15, 0.2) is 110 Å². The average molecular weight is 1040 g/mol. The van der Waals surface area contributed by atoms with Crippen molar-refractivity contribution >= 4 is 68.1 Å². The number of aliphatic hydroxyl groups is 3. The molecule has 76 heavy (non-hydrogen) atoms. The van der Waals surface area contributed by atoms with E-state index in [0.29, 0.717) is 66.9 Å². The van der Waals surface area contributed by atoms with Gasteiger partial charge in [-0.05, 0) is 110 Å². The van der Waals surface area contributed by atoms with Gasteiger partial charge in [0.15, 0.2) is 29.0 Å². The van der Waals surface area contributed by atoms with Crippen LogP contribution in [0, 0.1) is 29.3 Å². The van der Waals surface area contributed by atoms with Crippen molar-refractivity contribution in [3.8, 4) is 33.8 Å². The maximum absolute atomic E-state index is 14.0. The number of Topliss-reactive ketones (excluding diaryl/α,β-unsaturated/α-hetero) is 2. The number of aromatic carboxylic acids is 1. The van der Waals surface area contributed by atoms with Gasteiger partial charge in [0.1, 0.15) is 53.0 Å². The summed E-state index contributed by atoms with van der Waals surface area (Å²) in [6.07, 6.45) is 4.31. The molecule has 0 saturated heterocycles. The van der Waals surface area contributed by atoms with Crippen LogP contribution in [0.3, 0.4) is 0 Å². The summed E-state index contributed by atoms with van der Waals surface area (Å²) in [7, 11) is 0. The number of halogens is 3. The highest BCUT2D eigenvalue weighted by Gasteiger charge is 2.17. The van der Waals surface area contributed by atoms with Gasteiger partial charge in [0.05, 0.1) is 45.8 Å². The van der Waals surface area contributed by atoms with Crippen molar-refractivity contribution in [2.75, 3.05) is 37.0 Å². The second-order valence-corrected chi connectivity index (χ2v) is 17.5. The normalized spacial score (nSPS) is 12.0. The number of carbonyl (C=O) groups is 3. The molecule has 3 unspecified atom stereocenters. The van der Waals surface area contributed by atoms with Gasteiger partial charge in [0.2, 0.25) is 0 Å². The molecule has 0 amide bonds. The van der Waals surface area contributed by atoms with E-state index in [1.165, 1.54) is 55.4 Å². The lowest BCUT2D eigenvalue weighted by Crippen LogP contribution is -2.18. The molecule has 0 radical (unpaired) electrons. The molecule has 0 aliphatic carbocycles. The lowest BCUT2D eigenvalue weighted by atomic mass is 9.98. The smallest absolute Gasteiger partial charge is 0.335 e. The lowest BCUT2D eigenvalue weighted by Gasteiger charge is -2.09. The second kappa shape index (κ2) is 25.8. The molecular formula is C53H52F3N13O7. The van der Waals surface area contributed by atoms with E-state index in [-0.39, 0.29) is 96.3 Å². The van der Waals surface area contributed by atoms with Crippen LogP contribution < -0.4 is 22.9 Å². The van der Waals surface area contributed by atoms with E-state index in [4.69, 9.17) is 43.4 Å². The fourth-order valence-electron chi connectivity index (χ4n) is 7.01. The quantitative estimate of drug-likeness (QED) is 0.0559. The number of aromatic nitrogens is 9. The Morgan fingerprint density at radius 1 is 0.474 bits per heavy atom. The number of nitrogen functional groups attached to an aromatic ring is 3. The summed E-state index contributed by atoms with van der Waals surface area (Å²) >= 11 is 0. The molecule has 0 saturated carbocycles. The Kier molecular flexibility index (Phi) is 19.1. The number of hydrogen-bond acceptors (Lipinski definition) is 19. The van der Waals surface area contributed by atoms with E-state index in [2.05, 4.69) is 44.9 Å². The first-order valence-electron chi connectivity index (χ1n) is 23.2. The second-order valence-electron chi connectivity index (χ2n) is 17.5. The molecule has 3 atom stereocenters. The monoisotopic (exact) mass is 1040 g/mol. The van der Waals surface area contributed by atoms with Crippen LogP contribution in [0.5, 0.6) is 0 Å². The van der Waals surface area contributed by atoms with E-state index in [1.54, 1.807) is 69.3 Å². The van der Waals surface area contributed by atoms with Gasteiger partial charge in [-0.1, -0.05) is 13.8 Å². The number of nitrogens with two attached hydrogens (primary N) is 4. The minimum Gasteiger partial charge on any atom is -0.478 e. The Morgan fingerprint density at radius 3 is 1.07 bits per heavy atom. The number of carboxylic acids is 1. The Labute approximate surface area is 431 Å². The van der Waals surface area contributed by atoms with Crippen molar-refractivity contribution in [2.45, 2.75) is 39.7 Å². The lowest BCUT2D eigenvalue weighted by molar-refractivity contribution is 0.0695. The predicted octanol–water partition coefficient (Wildman–Crippen LogP) is 6.67. The number of nitrogens with zero attached hydrogens (tertiary/aromatic N) is 9. The van der Waals surface area contributed by atoms with Gasteiger partial charge in [-0.25, -0.2) is 62.8 Å². The molecule has 9 aromatic rings. The third-order valence-electron chi connectivity index (χ3n) is 11.0. The molecule has 0 bridgehead atoms. The van der Waals surface area contributed by atoms with Crippen molar-refractivity contribution in [2.24, 2.45) is 17.6 Å². The SMILES string of the molecule is CC(CO)CC(=O)c1cc(F)cc(-c2ccc3ncnc(N)c3n2)c1.CC(CO)CC(=O)c1cc(F)cc(-c2ccc3ncnc(N)c3n2)c1.CC(N)CO.Nc1ncnc2ccc(-c3cc(F)cc(C(=O)O)c3)nc12. The highest BCUT2D eigenvalue weighted by atomic mass is 19.1. The van der Waals surface area contributed by atoms with E-state index in [9.17, 15) is 27.6 Å². The molecule has 23 heteroatoms. The van der Waals surface area contributed by atoms with Gasteiger partial charge < -0.3 is 43.4 Å². The first-order valence-corrected chi connectivity index (χ1v) is 23.2. The van der Waals surface area contributed by atoms with Crippen molar-refractivity contribution in [3.05, 3.63) is 144 Å². The first-order chi connectivity index (χ1) is 36.3. The number of carbonyl (C=O) groups excluding carboxylic acids is 2. The largest absolute Gasteiger partial charge is 0.478 e. The summed E-state index contributed by atoms with van der Waals surface area (Å²) in [5.74, 6) is -3.08.